The summed E-state index contributed by atoms with van der Waals surface area (Å²) in [5.74, 6) is 0. The Bertz CT molecular complexity index is 317. The molecular weight excluding hydrogens is 160 g/mol. The van der Waals surface area contributed by atoms with E-state index in [1.165, 1.54) is 5.56 Å². The molecule has 3 N–H and O–H groups in total. The van der Waals surface area contributed by atoms with Crippen molar-refractivity contribution in [2.75, 3.05) is 11.1 Å². The van der Waals surface area contributed by atoms with E-state index in [1.807, 2.05) is 26.8 Å². The minimum absolute atomic E-state index is 0.778. The van der Waals surface area contributed by atoms with Gasteiger partial charge in [0.25, 0.3) is 0 Å². The first-order valence-electron chi connectivity index (χ1n) is 4.30. The summed E-state index contributed by atoms with van der Waals surface area (Å²) in [6.07, 6.45) is 0. The lowest BCUT2D eigenvalue weighted by molar-refractivity contribution is 1.33. The van der Waals surface area contributed by atoms with Crippen molar-refractivity contribution in [3.8, 4) is 0 Å². The molecule has 0 radical (unpaired) electrons. The highest BCUT2D eigenvalue weighted by atomic mass is 14.9. The van der Waals surface area contributed by atoms with Gasteiger partial charge in [-0.1, -0.05) is 12.6 Å². The molecule has 0 aromatic heterocycles. The molecule has 0 amide bonds. The minimum Gasteiger partial charge on any atom is -0.397 e. The van der Waals surface area contributed by atoms with Gasteiger partial charge in [0.1, 0.15) is 0 Å². The van der Waals surface area contributed by atoms with Crippen LogP contribution in [-0.2, 0) is 0 Å². The van der Waals surface area contributed by atoms with E-state index >= 15 is 0 Å². The van der Waals surface area contributed by atoms with Crippen molar-refractivity contribution in [1.29, 1.82) is 0 Å². The number of nitrogen functional groups attached to an aromatic ring is 1. The highest BCUT2D eigenvalue weighted by molar-refractivity contribution is 5.72. The monoisotopic (exact) mass is 176 g/mol. The van der Waals surface area contributed by atoms with Gasteiger partial charge < -0.3 is 11.1 Å². The SMILES string of the molecule is C=C(C)Nc1c(C)cc(C)cc1N. The maximum atomic E-state index is 5.87. The van der Waals surface area contributed by atoms with Crippen LogP contribution in [0.4, 0.5) is 11.4 Å². The Hall–Kier alpha value is -1.44. The summed E-state index contributed by atoms with van der Waals surface area (Å²) >= 11 is 0. The molecule has 0 saturated heterocycles. The second-order valence-electron chi connectivity index (χ2n) is 3.45. The van der Waals surface area contributed by atoms with Gasteiger partial charge in [-0.15, -0.1) is 0 Å². The molecule has 0 aliphatic rings. The minimum atomic E-state index is 0.778. The van der Waals surface area contributed by atoms with Crippen LogP contribution in [0.2, 0.25) is 0 Å². The molecule has 0 spiro atoms. The fourth-order valence-corrected chi connectivity index (χ4v) is 1.38. The molecule has 13 heavy (non-hydrogen) atoms. The van der Waals surface area contributed by atoms with Crippen LogP contribution in [0.15, 0.2) is 24.4 Å². The van der Waals surface area contributed by atoms with E-state index in [0.717, 1.165) is 22.6 Å². The summed E-state index contributed by atoms with van der Waals surface area (Å²) in [5.41, 5.74) is 10.9. The van der Waals surface area contributed by atoms with Gasteiger partial charge in [-0.3, -0.25) is 0 Å². The van der Waals surface area contributed by atoms with Gasteiger partial charge in [0.15, 0.2) is 0 Å². The third kappa shape index (κ3) is 2.25. The maximum Gasteiger partial charge on any atom is 0.0645 e. The average molecular weight is 176 g/mol. The molecule has 0 heterocycles. The van der Waals surface area contributed by atoms with Crippen LogP contribution in [0, 0.1) is 13.8 Å². The van der Waals surface area contributed by atoms with Crippen LogP contribution < -0.4 is 11.1 Å². The molecule has 0 fully saturated rings. The Labute approximate surface area is 79.5 Å². The topological polar surface area (TPSA) is 38.0 Å². The number of hydrogen-bond donors (Lipinski definition) is 2. The highest BCUT2D eigenvalue weighted by Crippen LogP contribution is 2.25. The van der Waals surface area contributed by atoms with E-state index < -0.39 is 0 Å². The number of anilines is 2. The quantitative estimate of drug-likeness (QED) is 0.680. The molecular formula is C11H16N2. The summed E-state index contributed by atoms with van der Waals surface area (Å²) in [4.78, 5) is 0. The Morgan fingerprint density at radius 2 is 2.00 bits per heavy atom. The van der Waals surface area contributed by atoms with Gasteiger partial charge in [0.2, 0.25) is 0 Å². The van der Waals surface area contributed by atoms with Gasteiger partial charge in [-0.05, 0) is 38.0 Å². The second kappa shape index (κ2) is 3.52. The average Bonchev–Trinajstić information content (AvgIpc) is 1.96. The second-order valence-corrected chi connectivity index (χ2v) is 3.45. The van der Waals surface area contributed by atoms with E-state index in [-0.39, 0.29) is 0 Å². The van der Waals surface area contributed by atoms with Crippen molar-refractivity contribution < 1.29 is 0 Å². The van der Waals surface area contributed by atoms with Crippen LogP contribution in [0.5, 0.6) is 0 Å². The first kappa shape index (κ1) is 9.65. The third-order valence-corrected chi connectivity index (χ3v) is 1.85. The zero-order chi connectivity index (χ0) is 10.0. The Morgan fingerprint density at radius 1 is 1.38 bits per heavy atom. The molecule has 1 rings (SSSR count). The highest BCUT2D eigenvalue weighted by Gasteiger charge is 2.03. The Balaban J connectivity index is 3.13. The number of allylic oxidation sites excluding steroid dienone is 1. The standard InChI is InChI=1S/C11H16N2/c1-7(2)13-11-9(4)5-8(3)6-10(11)12/h5-6,13H,1,12H2,2-4H3. The molecule has 0 aliphatic heterocycles. The number of rotatable bonds is 2. The molecule has 1 aromatic carbocycles. The van der Waals surface area contributed by atoms with Crippen molar-refractivity contribution >= 4 is 11.4 Å². The van der Waals surface area contributed by atoms with Crippen molar-refractivity contribution in [1.82, 2.24) is 0 Å². The summed E-state index contributed by atoms with van der Waals surface area (Å²) < 4.78 is 0. The summed E-state index contributed by atoms with van der Waals surface area (Å²) in [6.45, 7) is 9.78. The molecule has 1 aromatic rings. The van der Waals surface area contributed by atoms with Crippen molar-refractivity contribution in [2.45, 2.75) is 20.8 Å². The number of hydrogen-bond acceptors (Lipinski definition) is 2. The van der Waals surface area contributed by atoms with Crippen LogP contribution in [0.3, 0.4) is 0 Å². The van der Waals surface area contributed by atoms with Crippen LogP contribution in [0.1, 0.15) is 18.1 Å². The molecule has 0 bridgehead atoms. The lowest BCUT2D eigenvalue weighted by Gasteiger charge is -2.12. The zero-order valence-electron chi connectivity index (χ0n) is 8.44. The molecule has 0 aliphatic carbocycles. The van der Waals surface area contributed by atoms with E-state index in [2.05, 4.69) is 18.0 Å². The largest absolute Gasteiger partial charge is 0.397 e. The number of aryl methyl sites for hydroxylation is 2. The first-order valence-corrected chi connectivity index (χ1v) is 4.30. The molecule has 2 nitrogen and oxygen atoms in total. The lowest BCUT2D eigenvalue weighted by Crippen LogP contribution is -2.01. The van der Waals surface area contributed by atoms with Gasteiger partial charge in [-0.2, -0.15) is 0 Å². The smallest absolute Gasteiger partial charge is 0.0645 e. The predicted molar refractivity (Wildman–Crippen MR) is 58.8 cm³/mol. The third-order valence-electron chi connectivity index (χ3n) is 1.85. The first-order chi connectivity index (χ1) is 6.00. The lowest BCUT2D eigenvalue weighted by atomic mass is 10.1. The van der Waals surface area contributed by atoms with Gasteiger partial charge >= 0.3 is 0 Å². The fourth-order valence-electron chi connectivity index (χ4n) is 1.38. The number of benzene rings is 1. The van der Waals surface area contributed by atoms with Crippen molar-refractivity contribution in [2.24, 2.45) is 0 Å². The van der Waals surface area contributed by atoms with Crippen LogP contribution in [0.25, 0.3) is 0 Å². The van der Waals surface area contributed by atoms with Gasteiger partial charge in [0.05, 0.1) is 11.4 Å². The number of nitrogens with one attached hydrogen (secondary N) is 1. The zero-order valence-corrected chi connectivity index (χ0v) is 8.44. The van der Waals surface area contributed by atoms with E-state index in [9.17, 15) is 0 Å². The van der Waals surface area contributed by atoms with Gasteiger partial charge in [-0.25, -0.2) is 0 Å². The summed E-state index contributed by atoms with van der Waals surface area (Å²) in [5, 5.41) is 3.15. The van der Waals surface area contributed by atoms with Crippen molar-refractivity contribution in [3.63, 3.8) is 0 Å². The van der Waals surface area contributed by atoms with E-state index in [4.69, 9.17) is 5.73 Å². The molecule has 0 unspecified atom stereocenters. The van der Waals surface area contributed by atoms with Crippen LogP contribution >= 0.6 is 0 Å². The van der Waals surface area contributed by atoms with Crippen molar-refractivity contribution in [3.05, 3.63) is 35.5 Å². The Kier molecular flexibility index (Phi) is 2.61. The number of nitrogens with two attached hydrogens (primary N) is 1. The van der Waals surface area contributed by atoms with E-state index in [1.54, 1.807) is 0 Å². The molecule has 2 heteroatoms. The predicted octanol–water partition coefficient (Wildman–Crippen LogP) is 2.83. The fraction of sp³-hybridized carbons (Fsp3) is 0.273. The normalized spacial score (nSPS) is 9.77. The summed E-state index contributed by atoms with van der Waals surface area (Å²) in [6, 6.07) is 4.06. The van der Waals surface area contributed by atoms with Crippen LogP contribution in [-0.4, -0.2) is 0 Å². The van der Waals surface area contributed by atoms with E-state index in [0.29, 0.717) is 0 Å². The maximum absolute atomic E-state index is 5.87. The summed E-state index contributed by atoms with van der Waals surface area (Å²) in [7, 11) is 0. The molecule has 0 atom stereocenters. The Morgan fingerprint density at radius 3 is 2.46 bits per heavy atom. The molecule has 70 valence electrons. The van der Waals surface area contributed by atoms with Gasteiger partial charge in [0, 0.05) is 5.70 Å². The molecule has 0 saturated carbocycles.